The summed E-state index contributed by atoms with van der Waals surface area (Å²) in [4.78, 5) is 9.06. The van der Waals surface area contributed by atoms with Gasteiger partial charge in [-0.05, 0) is 25.0 Å². The quantitative estimate of drug-likeness (QED) is 0.649. The molecule has 7 heteroatoms. The molecule has 0 saturated heterocycles. The zero-order valence-electron chi connectivity index (χ0n) is 13.3. The summed E-state index contributed by atoms with van der Waals surface area (Å²) in [6.45, 7) is 5.62. The molecule has 120 valence electrons. The van der Waals surface area contributed by atoms with E-state index in [4.69, 9.17) is 0 Å². The molecule has 0 fully saturated rings. The van der Waals surface area contributed by atoms with E-state index in [-0.39, 0.29) is 0 Å². The van der Waals surface area contributed by atoms with Crippen LogP contribution in [-0.4, -0.2) is 33.3 Å². The largest absolute Gasteiger partial charge is 0.360 e. The van der Waals surface area contributed by atoms with Crippen molar-refractivity contribution in [3.05, 3.63) is 35.7 Å². The number of nitrogens with one attached hydrogen (secondary N) is 2. The highest BCUT2D eigenvalue weighted by Crippen LogP contribution is 2.24. The van der Waals surface area contributed by atoms with Crippen molar-refractivity contribution in [3.63, 3.8) is 0 Å². The molecule has 0 aliphatic heterocycles. The summed E-state index contributed by atoms with van der Waals surface area (Å²) in [6, 6.07) is 8.14. The molecular formula is C16H20N6S. The van der Waals surface area contributed by atoms with Crippen LogP contribution in [0.3, 0.4) is 0 Å². The molecule has 2 N–H and O–H groups in total. The molecule has 0 unspecified atom stereocenters. The lowest BCUT2D eigenvalue weighted by Crippen LogP contribution is -2.16. The first-order valence-corrected chi connectivity index (χ1v) is 8.67. The van der Waals surface area contributed by atoms with Gasteiger partial charge in [0.1, 0.15) is 0 Å². The molecule has 0 aliphatic carbocycles. The molecule has 3 aromatic rings. The zero-order chi connectivity index (χ0) is 16.1. The molecule has 0 saturated carbocycles. The predicted octanol–water partition coefficient (Wildman–Crippen LogP) is 3.13. The van der Waals surface area contributed by atoms with Gasteiger partial charge in [0.25, 0.3) is 0 Å². The normalized spacial score (nSPS) is 10.9. The van der Waals surface area contributed by atoms with Gasteiger partial charge in [-0.25, -0.2) is 9.97 Å². The van der Waals surface area contributed by atoms with E-state index in [0.29, 0.717) is 12.5 Å². The second-order valence-corrected chi connectivity index (χ2v) is 6.11. The van der Waals surface area contributed by atoms with E-state index in [9.17, 15) is 0 Å². The van der Waals surface area contributed by atoms with Gasteiger partial charge in [0.05, 0.1) is 21.6 Å². The maximum Gasteiger partial charge on any atom is 0.243 e. The average molecular weight is 328 g/mol. The molecule has 0 atom stereocenters. The van der Waals surface area contributed by atoms with E-state index in [0.717, 1.165) is 41.4 Å². The number of rotatable bonds is 7. The Balaban J connectivity index is 1.53. The molecule has 0 bridgehead atoms. The Morgan fingerprint density at radius 2 is 1.70 bits per heavy atom. The van der Waals surface area contributed by atoms with Crippen LogP contribution in [0.1, 0.15) is 25.2 Å². The van der Waals surface area contributed by atoms with Gasteiger partial charge in [-0.3, -0.25) is 0 Å². The molecule has 3 rings (SSSR count). The zero-order valence-corrected chi connectivity index (χ0v) is 14.2. The van der Waals surface area contributed by atoms with Gasteiger partial charge in [0.15, 0.2) is 5.13 Å². The van der Waals surface area contributed by atoms with Crippen molar-refractivity contribution in [1.82, 2.24) is 20.2 Å². The smallest absolute Gasteiger partial charge is 0.243 e. The predicted molar refractivity (Wildman–Crippen MR) is 95.2 cm³/mol. The van der Waals surface area contributed by atoms with Gasteiger partial charge in [-0.2, -0.15) is 5.10 Å². The first kappa shape index (κ1) is 15.6. The minimum atomic E-state index is 0.588. The minimum absolute atomic E-state index is 0.588. The van der Waals surface area contributed by atoms with Crippen LogP contribution in [0, 0.1) is 0 Å². The molecular weight excluding hydrogens is 308 g/mol. The highest BCUT2D eigenvalue weighted by Gasteiger charge is 2.06. The third-order valence-corrected chi connectivity index (χ3v) is 4.48. The molecule has 1 aromatic carbocycles. The number of para-hydroxylation sites is 1. The third-order valence-electron chi connectivity index (χ3n) is 3.49. The van der Waals surface area contributed by atoms with E-state index in [1.54, 1.807) is 11.3 Å². The fourth-order valence-electron chi connectivity index (χ4n) is 2.30. The number of hydrogen-bond acceptors (Lipinski definition) is 7. The summed E-state index contributed by atoms with van der Waals surface area (Å²) in [5, 5.41) is 15.8. The van der Waals surface area contributed by atoms with Gasteiger partial charge in [-0.15, -0.1) is 5.10 Å². The number of aryl methyl sites for hydroxylation is 2. The van der Waals surface area contributed by atoms with Crippen LogP contribution >= 0.6 is 11.3 Å². The Labute approximate surface area is 139 Å². The Morgan fingerprint density at radius 1 is 0.913 bits per heavy atom. The van der Waals surface area contributed by atoms with Crippen molar-refractivity contribution in [1.29, 1.82) is 0 Å². The molecule has 0 aliphatic rings. The van der Waals surface area contributed by atoms with E-state index < -0.39 is 0 Å². The van der Waals surface area contributed by atoms with Crippen molar-refractivity contribution in [2.45, 2.75) is 26.7 Å². The first-order chi connectivity index (χ1) is 11.3. The Bertz CT molecular complexity index is 752. The Kier molecular flexibility index (Phi) is 4.97. The maximum absolute atomic E-state index is 4.54. The Morgan fingerprint density at radius 3 is 2.48 bits per heavy atom. The van der Waals surface area contributed by atoms with Crippen LogP contribution in [-0.2, 0) is 12.8 Å². The van der Waals surface area contributed by atoms with Crippen molar-refractivity contribution in [3.8, 4) is 0 Å². The second-order valence-electron chi connectivity index (χ2n) is 5.08. The number of aromatic nitrogens is 4. The van der Waals surface area contributed by atoms with Gasteiger partial charge in [-0.1, -0.05) is 37.3 Å². The van der Waals surface area contributed by atoms with Gasteiger partial charge in [0, 0.05) is 13.1 Å². The molecule has 23 heavy (non-hydrogen) atoms. The first-order valence-electron chi connectivity index (χ1n) is 7.86. The summed E-state index contributed by atoms with van der Waals surface area (Å²) in [5.74, 6) is 0.588. The topological polar surface area (TPSA) is 75.6 Å². The third kappa shape index (κ3) is 3.73. The lowest BCUT2D eigenvalue weighted by molar-refractivity contribution is 0.820. The molecule has 6 nitrogen and oxygen atoms in total. The van der Waals surface area contributed by atoms with Crippen molar-refractivity contribution >= 4 is 32.6 Å². The maximum atomic E-state index is 4.54. The summed E-state index contributed by atoms with van der Waals surface area (Å²) in [5.41, 5.74) is 3.03. The lowest BCUT2D eigenvalue weighted by Gasteiger charge is -2.08. The number of hydrogen-bond donors (Lipinski definition) is 2. The van der Waals surface area contributed by atoms with Crippen LogP contribution < -0.4 is 10.6 Å². The minimum Gasteiger partial charge on any atom is -0.360 e. The monoisotopic (exact) mass is 328 g/mol. The molecule has 0 amide bonds. The number of nitrogens with zero attached hydrogens (tertiary/aromatic N) is 4. The summed E-state index contributed by atoms with van der Waals surface area (Å²) >= 11 is 1.66. The summed E-state index contributed by atoms with van der Waals surface area (Å²) in [7, 11) is 0. The highest BCUT2D eigenvalue weighted by atomic mass is 32.1. The number of thiazole rings is 1. The van der Waals surface area contributed by atoms with Crippen molar-refractivity contribution in [2.75, 3.05) is 23.7 Å². The van der Waals surface area contributed by atoms with E-state index >= 15 is 0 Å². The van der Waals surface area contributed by atoms with Crippen LogP contribution in [0.4, 0.5) is 11.1 Å². The Hall–Kier alpha value is -2.28. The SMILES string of the molecule is CCc1nnc(NCCNc2nc3ccccc3s2)nc1CC. The molecule has 2 aromatic heterocycles. The highest BCUT2D eigenvalue weighted by molar-refractivity contribution is 7.22. The number of benzene rings is 1. The summed E-state index contributed by atoms with van der Waals surface area (Å²) < 4.78 is 1.19. The number of anilines is 2. The van der Waals surface area contributed by atoms with Crippen molar-refractivity contribution < 1.29 is 0 Å². The molecule has 0 radical (unpaired) electrons. The van der Waals surface area contributed by atoms with E-state index in [1.165, 1.54) is 4.70 Å². The number of fused-ring (bicyclic) bond motifs is 1. The average Bonchev–Trinajstić information content (AvgIpc) is 3.01. The van der Waals surface area contributed by atoms with Gasteiger partial charge < -0.3 is 10.6 Å². The second kappa shape index (κ2) is 7.32. The lowest BCUT2D eigenvalue weighted by atomic mass is 10.2. The summed E-state index contributed by atoms with van der Waals surface area (Å²) in [6.07, 6.45) is 1.74. The fraction of sp³-hybridized carbons (Fsp3) is 0.375. The van der Waals surface area contributed by atoms with Crippen LogP contribution in [0.2, 0.25) is 0 Å². The van der Waals surface area contributed by atoms with Crippen LogP contribution in [0.15, 0.2) is 24.3 Å². The van der Waals surface area contributed by atoms with Crippen molar-refractivity contribution in [2.24, 2.45) is 0 Å². The standard InChI is InChI=1S/C16H20N6S/c1-3-11-12(4-2)21-22-15(19-11)17-9-10-18-16-20-13-7-5-6-8-14(13)23-16/h5-8H,3-4,9-10H2,1-2H3,(H,18,20)(H,17,19,22). The fourth-order valence-corrected chi connectivity index (χ4v) is 3.20. The van der Waals surface area contributed by atoms with E-state index in [2.05, 4.69) is 50.7 Å². The van der Waals surface area contributed by atoms with Gasteiger partial charge in [0.2, 0.25) is 5.95 Å². The van der Waals surface area contributed by atoms with Crippen LogP contribution in [0.25, 0.3) is 10.2 Å². The van der Waals surface area contributed by atoms with Gasteiger partial charge >= 0.3 is 0 Å². The molecule has 0 spiro atoms. The van der Waals surface area contributed by atoms with Crippen LogP contribution in [0.5, 0.6) is 0 Å². The van der Waals surface area contributed by atoms with E-state index in [1.807, 2.05) is 18.2 Å². The molecule has 2 heterocycles.